The van der Waals surface area contributed by atoms with E-state index < -0.39 is 11.4 Å². The highest BCUT2D eigenvalue weighted by Gasteiger charge is 2.42. The molecule has 0 aromatic carbocycles. The molecule has 0 spiro atoms. The third-order valence-corrected chi connectivity index (χ3v) is 4.20. The first kappa shape index (κ1) is 16.8. The van der Waals surface area contributed by atoms with Crippen molar-refractivity contribution in [3.05, 3.63) is 0 Å². The highest BCUT2D eigenvalue weighted by atomic mass is 16.5. The Morgan fingerprint density at radius 1 is 1.40 bits per heavy atom. The smallest absolute Gasteiger partial charge is 0.320 e. The van der Waals surface area contributed by atoms with Crippen LogP contribution in [-0.2, 0) is 9.53 Å². The van der Waals surface area contributed by atoms with Gasteiger partial charge in [0.05, 0.1) is 12.0 Å². The van der Waals surface area contributed by atoms with E-state index in [1.54, 1.807) is 16.9 Å². The zero-order chi connectivity index (χ0) is 15.2. The lowest BCUT2D eigenvalue weighted by Gasteiger charge is -2.41. The van der Waals surface area contributed by atoms with E-state index in [4.69, 9.17) is 4.74 Å². The van der Waals surface area contributed by atoms with Gasteiger partial charge in [-0.1, -0.05) is 6.92 Å². The largest absolute Gasteiger partial charge is 0.481 e. The molecule has 0 aromatic heterocycles. The number of piperidine rings is 1. The summed E-state index contributed by atoms with van der Waals surface area (Å²) in [5, 5.41) is 9.45. The minimum absolute atomic E-state index is 0.0803. The standard InChI is InChI=1S/C14H26N2O4/c1-4-14(12(17)18)7-6-8-16(11-14)13(19)15(5-2)9-10-20-3/h4-11H2,1-3H3,(H,17,18). The quantitative estimate of drug-likeness (QED) is 0.806. The van der Waals surface area contributed by atoms with Crippen LogP contribution >= 0.6 is 0 Å². The van der Waals surface area contributed by atoms with Crippen molar-refractivity contribution in [2.75, 3.05) is 39.9 Å². The van der Waals surface area contributed by atoms with Crippen molar-refractivity contribution in [3.8, 4) is 0 Å². The van der Waals surface area contributed by atoms with Crippen molar-refractivity contribution in [2.45, 2.75) is 33.1 Å². The van der Waals surface area contributed by atoms with Crippen LogP contribution in [0.1, 0.15) is 33.1 Å². The number of amides is 2. The molecule has 1 heterocycles. The van der Waals surface area contributed by atoms with E-state index in [0.29, 0.717) is 45.6 Å². The molecule has 1 fully saturated rings. The summed E-state index contributed by atoms with van der Waals surface area (Å²) >= 11 is 0. The second kappa shape index (κ2) is 7.47. The summed E-state index contributed by atoms with van der Waals surface area (Å²) in [5.74, 6) is -0.794. The normalized spacial score (nSPS) is 22.6. The average Bonchev–Trinajstić information content (AvgIpc) is 2.47. The first-order chi connectivity index (χ1) is 9.50. The second-order valence-electron chi connectivity index (χ2n) is 5.32. The van der Waals surface area contributed by atoms with E-state index in [-0.39, 0.29) is 6.03 Å². The van der Waals surface area contributed by atoms with Gasteiger partial charge in [0.2, 0.25) is 0 Å². The number of hydrogen-bond acceptors (Lipinski definition) is 3. The molecule has 1 atom stereocenters. The molecule has 0 bridgehead atoms. The Bertz CT molecular complexity index is 348. The van der Waals surface area contributed by atoms with Gasteiger partial charge in [0, 0.05) is 33.3 Å². The third-order valence-electron chi connectivity index (χ3n) is 4.20. The number of carboxylic acid groups (broad SMARTS) is 1. The van der Waals surface area contributed by atoms with Gasteiger partial charge in [-0.25, -0.2) is 4.79 Å². The van der Waals surface area contributed by atoms with Crippen molar-refractivity contribution in [1.29, 1.82) is 0 Å². The molecule has 1 saturated heterocycles. The fourth-order valence-electron chi connectivity index (χ4n) is 2.70. The first-order valence-electron chi connectivity index (χ1n) is 7.27. The molecule has 1 aliphatic rings. The van der Waals surface area contributed by atoms with Gasteiger partial charge in [-0.15, -0.1) is 0 Å². The molecule has 6 heteroatoms. The maximum Gasteiger partial charge on any atom is 0.320 e. The molecule has 116 valence electrons. The van der Waals surface area contributed by atoms with Gasteiger partial charge in [0.15, 0.2) is 0 Å². The molecule has 6 nitrogen and oxygen atoms in total. The SMILES string of the molecule is CCN(CCOC)C(=O)N1CCCC(CC)(C(=O)O)C1. The van der Waals surface area contributed by atoms with Gasteiger partial charge >= 0.3 is 12.0 Å². The Hall–Kier alpha value is -1.30. The second-order valence-corrected chi connectivity index (χ2v) is 5.32. The Morgan fingerprint density at radius 2 is 2.10 bits per heavy atom. The Balaban J connectivity index is 2.74. The number of likely N-dealkylation sites (N-methyl/N-ethyl adjacent to an activating group) is 1. The van der Waals surface area contributed by atoms with Crippen LogP contribution in [0.4, 0.5) is 4.79 Å². The van der Waals surface area contributed by atoms with E-state index in [9.17, 15) is 14.7 Å². The number of carbonyl (C=O) groups is 2. The minimum atomic E-state index is -0.794. The maximum absolute atomic E-state index is 12.5. The van der Waals surface area contributed by atoms with Crippen molar-refractivity contribution in [3.63, 3.8) is 0 Å². The number of carbonyl (C=O) groups excluding carboxylic acids is 1. The monoisotopic (exact) mass is 286 g/mol. The molecule has 0 saturated carbocycles. The van der Waals surface area contributed by atoms with E-state index in [1.165, 1.54) is 0 Å². The van der Waals surface area contributed by atoms with E-state index in [0.717, 1.165) is 6.42 Å². The summed E-state index contributed by atoms with van der Waals surface area (Å²) in [6, 6.07) is -0.0803. The average molecular weight is 286 g/mol. The summed E-state index contributed by atoms with van der Waals surface area (Å²) in [6.45, 7) is 6.37. The number of rotatable bonds is 6. The van der Waals surface area contributed by atoms with Gasteiger partial charge in [0.1, 0.15) is 0 Å². The predicted octanol–water partition coefficient (Wildman–Crippen LogP) is 1.65. The summed E-state index contributed by atoms with van der Waals surface area (Å²) in [7, 11) is 1.60. The van der Waals surface area contributed by atoms with Crippen molar-refractivity contribution in [2.24, 2.45) is 5.41 Å². The van der Waals surface area contributed by atoms with E-state index in [1.807, 2.05) is 13.8 Å². The van der Waals surface area contributed by atoms with E-state index >= 15 is 0 Å². The summed E-state index contributed by atoms with van der Waals surface area (Å²) < 4.78 is 5.01. The maximum atomic E-state index is 12.5. The van der Waals surface area contributed by atoms with Gasteiger partial charge < -0.3 is 19.6 Å². The Kier molecular flexibility index (Phi) is 6.26. The molecule has 0 radical (unpaired) electrons. The van der Waals surface area contributed by atoms with Crippen molar-refractivity contribution >= 4 is 12.0 Å². The number of carboxylic acids is 1. The molecule has 2 amide bonds. The van der Waals surface area contributed by atoms with Crippen LogP contribution in [0.3, 0.4) is 0 Å². The highest BCUT2D eigenvalue weighted by molar-refractivity contribution is 5.78. The minimum Gasteiger partial charge on any atom is -0.481 e. The number of likely N-dealkylation sites (tertiary alicyclic amines) is 1. The molecule has 1 aliphatic heterocycles. The Morgan fingerprint density at radius 3 is 2.60 bits per heavy atom. The highest BCUT2D eigenvalue weighted by Crippen LogP contribution is 2.34. The molecular formula is C14H26N2O4. The predicted molar refractivity (Wildman–Crippen MR) is 75.7 cm³/mol. The van der Waals surface area contributed by atoms with Crippen LogP contribution in [-0.4, -0.2) is 66.8 Å². The summed E-state index contributed by atoms with van der Waals surface area (Å²) in [6.07, 6.45) is 1.94. The number of hydrogen-bond donors (Lipinski definition) is 1. The van der Waals surface area contributed by atoms with Crippen LogP contribution < -0.4 is 0 Å². The van der Waals surface area contributed by atoms with E-state index in [2.05, 4.69) is 0 Å². The summed E-state index contributed by atoms with van der Waals surface area (Å²) in [5.41, 5.74) is -0.783. The van der Waals surface area contributed by atoms with Gasteiger partial charge in [-0.05, 0) is 26.2 Å². The van der Waals surface area contributed by atoms with Crippen LogP contribution in [0.25, 0.3) is 0 Å². The topological polar surface area (TPSA) is 70.1 Å². The fourth-order valence-corrected chi connectivity index (χ4v) is 2.70. The first-order valence-corrected chi connectivity index (χ1v) is 7.27. The fraction of sp³-hybridized carbons (Fsp3) is 0.857. The molecule has 0 aliphatic carbocycles. The summed E-state index contributed by atoms with van der Waals surface area (Å²) in [4.78, 5) is 27.4. The van der Waals surface area contributed by atoms with Crippen molar-refractivity contribution in [1.82, 2.24) is 9.80 Å². The number of nitrogens with zero attached hydrogens (tertiary/aromatic N) is 2. The Labute approximate surface area is 120 Å². The zero-order valence-corrected chi connectivity index (χ0v) is 12.7. The van der Waals surface area contributed by atoms with Crippen LogP contribution in [0.2, 0.25) is 0 Å². The van der Waals surface area contributed by atoms with Gasteiger partial charge in [-0.3, -0.25) is 4.79 Å². The molecular weight excluding hydrogens is 260 g/mol. The lowest BCUT2D eigenvalue weighted by molar-refractivity contribution is -0.152. The third kappa shape index (κ3) is 3.62. The molecule has 20 heavy (non-hydrogen) atoms. The van der Waals surface area contributed by atoms with Crippen LogP contribution in [0.5, 0.6) is 0 Å². The van der Waals surface area contributed by atoms with Crippen molar-refractivity contribution < 1.29 is 19.4 Å². The van der Waals surface area contributed by atoms with Crippen LogP contribution in [0.15, 0.2) is 0 Å². The van der Waals surface area contributed by atoms with Crippen LogP contribution in [0, 0.1) is 5.41 Å². The number of urea groups is 1. The molecule has 1 unspecified atom stereocenters. The lowest BCUT2D eigenvalue weighted by Crippen LogP contribution is -2.53. The number of aliphatic carboxylic acids is 1. The molecule has 0 aromatic rings. The van der Waals surface area contributed by atoms with Gasteiger partial charge in [-0.2, -0.15) is 0 Å². The number of ether oxygens (including phenoxy) is 1. The lowest BCUT2D eigenvalue weighted by atomic mass is 9.78. The molecule has 1 N–H and O–H groups in total. The number of methoxy groups -OCH3 is 1. The zero-order valence-electron chi connectivity index (χ0n) is 12.7. The van der Waals surface area contributed by atoms with Gasteiger partial charge in [0.25, 0.3) is 0 Å². The molecule has 1 rings (SSSR count).